The molecule has 5 nitrogen and oxygen atoms in total. The molecule has 5 unspecified atom stereocenters. The minimum atomic E-state index is -5.78. The highest BCUT2D eigenvalue weighted by Gasteiger charge is 2.59. The van der Waals surface area contributed by atoms with Crippen LogP contribution in [0.15, 0.2) is 0 Å². The van der Waals surface area contributed by atoms with Gasteiger partial charge in [0, 0.05) is 0 Å². The zero-order valence-corrected chi connectivity index (χ0v) is 10.8. The number of ether oxygens (including phenoxy) is 1. The largest absolute Gasteiger partial charge is 0.465 e. The Morgan fingerprint density at radius 2 is 1.79 bits per heavy atom. The highest BCUT2D eigenvalue weighted by molar-refractivity contribution is 7.87. The summed E-state index contributed by atoms with van der Waals surface area (Å²) in [5, 5.41) is -4.88. The van der Waals surface area contributed by atoms with Crippen LogP contribution < -0.4 is 0 Å². The molecule has 0 aromatic rings. The predicted molar refractivity (Wildman–Crippen MR) is 58.8 cm³/mol. The lowest BCUT2D eigenvalue weighted by Crippen LogP contribution is -2.43. The third-order valence-electron chi connectivity index (χ3n) is 4.78. The molecule has 0 amide bonds. The number of carbonyl (C=O) groups excluding carboxylic acids is 1. The summed E-state index contributed by atoms with van der Waals surface area (Å²) < 4.78 is 60.4. The van der Waals surface area contributed by atoms with Gasteiger partial charge in [0.1, 0.15) is 6.10 Å². The lowest BCUT2D eigenvalue weighted by atomic mass is 9.80. The molecule has 4 fully saturated rings. The average Bonchev–Trinajstić information content (AvgIpc) is 2.68. The Balaban J connectivity index is 1.75. The second-order valence-corrected chi connectivity index (χ2v) is 7.32. The van der Waals surface area contributed by atoms with Crippen LogP contribution in [0.25, 0.3) is 0 Å². The quantitative estimate of drug-likeness (QED) is 0.629. The van der Waals surface area contributed by atoms with E-state index < -0.39 is 27.4 Å². The van der Waals surface area contributed by atoms with E-state index in [4.69, 9.17) is 9.29 Å². The summed E-state index contributed by atoms with van der Waals surface area (Å²) in [4.78, 5) is 11.3. The van der Waals surface area contributed by atoms with Crippen LogP contribution in [0.5, 0.6) is 0 Å². The molecule has 0 saturated heterocycles. The standard InChI is InChI=1S/C11H14F2O5S/c12-11(13,19(15,16)17)10(14)18-9-7-2-5-1-6(4-7)8(9)3-5/h5-9H,1-4H2,(H,15,16,17). The Labute approximate surface area is 109 Å². The second kappa shape index (κ2) is 3.88. The van der Waals surface area contributed by atoms with Gasteiger partial charge < -0.3 is 4.74 Å². The summed E-state index contributed by atoms with van der Waals surface area (Å²) in [5.74, 6) is -1.03. The molecule has 0 spiro atoms. The van der Waals surface area contributed by atoms with Gasteiger partial charge in [-0.05, 0) is 49.4 Å². The lowest BCUT2D eigenvalue weighted by molar-refractivity contribution is -0.172. The van der Waals surface area contributed by atoms with Gasteiger partial charge in [0.15, 0.2) is 0 Å². The van der Waals surface area contributed by atoms with Crippen molar-refractivity contribution in [2.24, 2.45) is 23.7 Å². The van der Waals surface area contributed by atoms with Crippen molar-refractivity contribution in [3.63, 3.8) is 0 Å². The van der Waals surface area contributed by atoms with Crippen LogP contribution in [0.1, 0.15) is 25.7 Å². The average molecular weight is 296 g/mol. The number of hydrogen-bond donors (Lipinski definition) is 1. The van der Waals surface area contributed by atoms with Gasteiger partial charge in [0.2, 0.25) is 0 Å². The molecule has 4 rings (SSSR count). The number of carbonyl (C=O) groups is 1. The van der Waals surface area contributed by atoms with Crippen molar-refractivity contribution in [2.75, 3.05) is 0 Å². The van der Waals surface area contributed by atoms with Gasteiger partial charge in [-0.3, -0.25) is 4.55 Å². The van der Waals surface area contributed by atoms with Gasteiger partial charge in [0.05, 0.1) is 0 Å². The van der Waals surface area contributed by atoms with Crippen molar-refractivity contribution in [1.29, 1.82) is 0 Å². The topological polar surface area (TPSA) is 80.7 Å². The third kappa shape index (κ3) is 1.87. The van der Waals surface area contributed by atoms with Crippen molar-refractivity contribution in [3.05, 3.63) is 0 Å². The van der Waals surface area contributed by atoms with Crippen LogP contribution in [0, 0.1) is 23.7 Å². The zero-order chi connectivity index (χ0) is 14.0. The molecule has 0 radical (unpaired) electrons. The Morgan fingerprint density at radius 1 is 1.16 bits per heavy atom. The molecule has 0 heterocycles. The first-order valence-electron chi connectivity index (χ1n) is 6.26. The van der Waals surface area contributed by atoms with Crippen LogP contribution in [-0.2, 0) is 19.6 Å². The summed E-state index contributed by atoms with van der Waals surface area (Å²) in [6.45, 7) is 0. The summed E-state index contributed by atoms with van der Waals surface area (Å²) in [7, 11) is -5.78. The number of rotatable bonds is 3. The number of hydrogen-bond acceptors (Lipinski definition) is 4. The Bertz CT molecular complexity index is 513. The summed E-state index contributed by atoms with van der Waals surface area (Å²) in [6.07, 6.45) is 2.99. The van der Waals surface area contributed by atoms with Crippen molar-refractivity contribution in [3.8, 4) is 0 Å². The van der Waals surface area contributed by atoms with E-state index in [0.29, 0.717) is 11.8 Å². The number of alkyl halides is 2. The maximum Gasteiger partial charge on any atom is 0.465 e. The fraction of sp³-hybridized carbons (Fsp3) is 0.909. The van der Waals surface area contributed by atoms with Crippen LogP contribution in [0.3, 0.4) is 0 Å². The van der Waals surface area contributed by atoms with E-state index in [2.05, 4.69) is 0 Å². The van der Waals surface area contributed by atoms with Gasteiger partial charge in [-0.25, -0.2) is 4.79 Å². The molecule has 108 valence electrons. The van der Waals surface area contributed by atoms with E-state index in [1.54, 1.807) is 0 Å². The highest BCUT2D eigenvalue weighted by atomic mass is 32.2. The van der Waals surface area contributed by atoms with E-state index in [9.17, 15) is 22.0 Å². The van der Waals surface area contributed by atoms with Crippen LogP contribution in [-0.4, -0.2) is 30.3 Å². The van der Waals surface area contributed by atoms with E-state index in [-0.39, 0.29) is 11.8 Å². The summed E-state index contributed by atoms with van der Waals surface area (Å²) >= 11 is 0. The fourth-order valence-corrected chi connectivity index (χ4v) is 4.41. The van der Waals surface area contributed by atoms with Gasteiger partial charge in [0.25, 0.3) is 0 Å². The molecular formula is C11H14F2O5S. The van der Waals surface area contributed by atoms with Crippen LogP contribution >= 0.6 is 0 Å². The third-order valence-corrected chi connectivity index (χ3v) is 5.59. The molecule has 0 aromatic carbocycles. The Hall–Kier alpha value is -0.760. The predicted octanol–water partition coefficient (Wildman–Crippen LogP) is 1.44. The molecule has 0 aliphatic heterocycles. The second-order valence-electron chi connectivity index (χ2n) is 5.85. The number of halogens is 2. The Morgan fingerprint density at radius 3 is 2.37 bits per heavy atom. The highest BCUT2D eigenvalue weighted by Crippen LogP contribution is 2.59. The SMILES string of the molecule is O=C(OC1C2CC3CC(C2)C1C3)C(F)(F)S(=O)(=O)O. The van der Waals surface area contributed by atoms with Crippen molar-refractivity contribution >= 4 is 16.1 Å². The molecule has 4 saturated carbocycles. The summed E-state index contributed by atoms with van der Waals surface area (Å²) in [6, 6.07) is 0. The molecule has 4 aliphatic rings. The molecule has 4 aliphatic carbocycles. The maximum absolute atomic E-state index is 13.1. The molecule has 1 N–H and O–H groups in total. The fourth-order valence-electron chi connectivity index (χ4n) is 4.15. The van der Waals surface area contributed by atoms with Gasteiger partial charge >= 0.3 is 21.3 Å². The van der Waals surface area contributed by atoms with Crippen LogP contribution in [0.2, 0.25) is 0 Å². The van der Waals surface area contributed by atoms with Crippen molar-refractivity contribution in [1.82, 2.24) is 0 Å². The van der Waals surface area contributed by atoms with E-state index in [1.165, 1.54) is 0 Å². The minimum absolute atomic E-state index is 0.0589. The van der Waals surface area contributed by atoms with E-state index in [1.807, 2.05) is 0 Å². The first-order valence-corrected chi connectivity index (χ1v) is 7.70. The molecule has 4 bridgehead atoms. The van der Waals surface area contributed by atoms with E-state index >= 15 is 0 Å². The molecule has 5 atom stereocenters. The van der Waals surface area contributed by atoms with Gasteiger partial charge in [-0.15, -0.1) is 0 Å². The Kier molecular flexibility index (Phi) is 2.70. The molecule has 8 heteroatoms. The molecule has 0 aromatic heterocycles. The van der Waals surface area contributed by atoms with Crippen LogP contribution in [0.4, 0.5) is 8.78 Å². The van der Waals surface area contributed by atoms with E-state index in [0.717, 1.165) is 25.7 Å². The number of esters is 1. The molecular weight excluding hydrogens is 282 g/mol. The monoisotopic (exact) mass is 296 g/mol. The minimum Gasteiger partial charge on any atom is -0.456 e. The van der Waals surface area contributed by atoms with Crippen molar-refractivity contribution < 1.29 is 31.3 Å². The van der Waals surface area contributed by atoms with Crippen molar-refractivity contribution in [2.45, 2.75) is 37.0 Å². The van der Waals surface area contributed by atoms with Gasteiger partial charge in [-0.1, -0.05) is 0 Å². The lowest BCUT2D eigenvalue weighted by Gasteiger charge is -2.32. The first kappa shape index (κ1) is 13.2. The molecule has 19 heavy (non-hydrogen) atoms. The maximum atomic E-state index is 13.1. The smallest absolute Gasteiger partial charge is 0.456 e. The van der Waals surface area contributed by atoms with Gasteiger partial charge in [-0.2, -0.15) is 17.2 Å². The zero-order valence-electron chi connectivity index (χ0n) is 9.96. The summed E-state index contributed by atoms with van der Waals surface area (Å²) in [5.41, 5.74) is 0. The first-order chi connectivity index (χ1) is 8.70. The normalized spacial score (nSPS) is 40.7.